The summed E-state index contributed by atoms with van der Waals surface area (Å²) in [5.74, 6) is -0.0205. The number of amides is 2. The van der Waals surface area contributed by atoms with Crippen molar-refractivity contribution in [2.75, 3.05) is 27.2 Å². The minimum atomic E-state index is -1.82. The fourth-order valence-electron chi connectivity index (χ4n) is 4.77. The number of hydrogen-bond donors (Lipinski definition) is 1. The van der Waals surface area contributed by atoms with Gasteiger partial charge in [-0.3, -0.25) is 9.59 Å². The summed E-state index contributed by atoms with van der Waals surface area (Å²) in [4.78, 5) is 39.1. The van der Waals surface area contributed by atoms with Gasteiger partial charge in [0.25, 0.3) is 11.8 Å². The number of likely N-dealkylation sites (tertiary alicyclic amines) is 1. The molecule has 1 atom stereocenters. The second-order valence-electron chi connectivity index (χ2n) is 9.75. The second kappa shape index (κ2) is 9.58. The molecule has 0 radical (unpaired) electrons. The molecule has 7 heteroatoms. The lowest BCUT2D eigenvalue weighted by molar-refractivity contribution is -0.150. The Bertz CT molecular complexity index is 1170. The molecule has 4 rings (SSSR count). The molecule has 1 aliphatic heterocycles. The summed E-state index contributed by atoms with van der Waals surface area (Å²) in [7, 11) is 3.38. The van der Waals surface area contributed by atoms with Crippen LogP contribution in [0.4, 0.5) is 0 Å². The molecule has 2 aromatic carbocycles. The Morgan fingerprint density at radius 2 is 1.57 bits per heavy atom. The van der Waals surface area contributed by atoms with Crippen LogP contribution in [0.25, 0.3) is 0 Å². The average Bonchev–Trinajstić information content (AvgIpc) is 2.88. The first-order chi connectivity index (χ1) is 16.6. The van der Waals surface area contributed by atoms with Crippen molar-refractivity contribution in [3.63, 3.8) is 0 Å². The van der Waals surface area contributed by atoms with Gasteiger partial charge in [-0.1, -0.05) is 67.6 Å². The van der Waals surface area contributed by atoms with E-state index in [4.69, 9.17) is 0 Å². The highest BCUT2D eigenvalue weighted by Gasteiger charge is 2.46. The molecule has 3 aromatic rings. The van der Waals surface area contributed by atoms with Crippen LogP contribution < -0.4 is 0 Å². The maximum atomic E-state index is 14.0. The molecule has 1 unspecified atom stereocenters. The molecule has 0 saturated carbocycles. The fourth-order valence-corrected chi connectivity index (χ4v) is 4.77. The summed E-state index contributed by atoms with van der Waals surface area (Å²) in [6.45, 7) is 4.73. The predicted octanol–water partition coefficient (Wildman–Crippen LogP) is 3.30. The number of rotatable bonds is 5. The van der Waals surface area contributed by atoms with Gasteiger partial charge in [0.2, 0.25) is 0 Å². The first-order valence-corrected chi connectivity index (χ1v) is 11.9. The number of aromatic nitrogens is 2. The zero-order valence-electron chi connectivity index (χ0n) is 20.7. The van der Waals surface area contributed by atoms with Crippen LogP contribution >= 0.6 is 0 Å². The molecule has 2 amide bonds. The van der Waals surface area contributed by atoms with Crippen LogP contribution in [0.1, 0.15) is 52.9 Å². The van der Waals surface area contributed by atoms with Crippen LogP contribution in [0.5, 0.6) is 0 Å². The number of aryl methyl sites for hydroxylation is 1. The van der Waals surface area contributed by atoms with E-state index in [1.165, 1.54) is 4.90 Å². The molecule has 1 fully saturated rings. The number of carbonyl (C=O) groups excluding carboxylic acids is 2. The summed E-state index contributed by atoms with van der Waals surface area (Å²) < 4.78 is 0. The number of piperidine rings is 1. The molecule has 1 aromatic heterocycles. The van der Waals surface area contributed by atoms with Gasteiger partial charge in [-0.15, -0.1) is 0 Å². The van der Waals surface area contributed by atoms with Crippen LogP contribution in [0.2, 0.25) is 0 Å². The number of benzene rings is 2. The van der Waals surface area contributed by atoms with Crippen molar-refractivity contribution in [1.82, 2.24) is 19.8 Å². The largest absolute Gasteiger partial charge is 0.372 e. The van der Waals surface area contributed by atoms with Crippen LogP contribution in [0.15, 0.2) is 66.7 Å². The van der Waals surface area contributed by atoms with E-state index < -0.39 is 11.0 Å². The summed E-state index contributed by atoms with van der Waals surface area (Å²) in [6, 6.07) is 19.8. The van der Waals surface area contributed by atoms with E-state index >= 15 is 0 Å². The number of aliphatic hydroxyl groups is 1. The standard InChI is InChI=1S/C28H32N4O3/c1-20-18-23(24(33)31(3)4)30-25(29-20)27(2)16-11-17-32(19-27)26(34)28(35,21-12-7-5-8-13-21)22-14-9-6-10-15-22/h5-10,12-15,18,35H,11,16-17,19H2,1-4H3. The highest BCUT2D eigenvalue weighted by atomic mass is 16.3. The third-order valence-corrected chi connectivity index (χ3v) is 6.70. The first-order valence-electron chi connectivity index (χ1n) is 11.9. The van der Waals surface area contributed by atoms with Crippen LogP contribution in [0.3, 0.4) is 0 Å². The van der Waals surface area contributed by atoms with Gasteiger partial charge in [-0.25, -0.2) is 9.97 Å². The van der Waals surface area contributed by atoms with Crippen LogP contribution in [-0.4, -0.2) is 63.9 Å². The smallest absolute Gasteiger partial charge is 0.272 e. The van der Waals surface area contributed by atoms with Crippen LogP contribution in [-0.2, 0) is 15.8 Å². The predicted molar refractivity (Wildman–Crippen MR) is 134 cm³/mol. The first kappa shape index (κ1) is 24.5. The van der Waals surface area contributed by atoms with E-state index in [2.05, 4.69) is 9.97 Å². The maximum Gasteiger partial charge on any atom is 0.272 e. The lowest BCUT2D eigenvalue weighted by Gasteiger charge is -2.42. The third-order valence-electron chi connectivity index (χ3n) is 6.70. The summed E-state index contributed by atoms with van der Waals surface area (Å²) in [5.41, 5.74) is -0.291. The van der Waals surface area contributed by atoms with Gasteiger partial charge >= 0.3 is 0 Å². The Kier molecular flexibility index (Phi) is 6.72. The SMILES string of the molecule is Cc1cc(C(=O)N(C)C)nc(C2(C)CCCN(C(=O)C(O)(c3ccccc3)c3ccccc3)C2)n1. The van der Waals surface area contributed by atoms with Crippen molar-refractivity contribution >= 4 is 11.8 Å². The normalized spacial score (nSPS) is 18.3. The molecule has 0 aliphatic carbocycles. The van der Waals surface area contributed by atoms with E-state index in [0.29, 0.717) is 41.4 Å². The molecule has 2 heterocycles. The number of nitrogens with zero attached hydrogens (tertiary/aromatic N) is 4. The highest BCUT2D eigenvalue weighted by molar-refractivity contribution is 5.92. The molecule has 1 saturated heterocycles. The van der Waals surface area contributed by atoms with E-state index in [0.717, 1.165) is 12.8 Å². The van der Waals surface area contributed by atoms with E-state index in [9.17, 15) is 14.7 Å². The third kappa shape index (κ3) is 4.68. The summed E-state index contributed by atoms with van der Waals surface area (Å²) >= 11 is 0. The monoisotopic (exact) mass is 472 g/mol. The van der Waals surface area contributed by atoms with Gasteiger partial charge in [-0.05, 0) is 37.0 Å². The lowest BCUT2D eigenvalue weighted by Crippen LogP contribution is -2.54. The minimum absolute atomic E-state index is 0.188. The van der Waals surface area contributed by atoms with Crippen molar-refractivity contribution in [3.05, 3.63) is 95.1 Å². The minimum Gasteiger partial charge on any atom is -0.372 e. The van der Waals surface area contributed by atoms with Crippen molar-refractivity contribution < 1.29 is 14.7 Å². The topological polar surface area (TPSA) is 86.6 Å². The van der Waals surface area contributed by atoms with Crippen molar-refractivity contribution in [2.45, 2.75) is 37.7 Å². The lowest BCUT2D eigenvalue weighted by atomic mass is 9.79. The Balaban J connectivity index is 1.71. The van der Waals surface area contributed by atoms with Gasteiger partial charge in [-0.2, -0.15) is 0 Å². The Morgan fingerprint density at radius 1 is 1.00 bits per heavy atom. The Morgan fingerprint density at radius 3 is 2.11 bits per heavy atom. The van der Waals surface area contributed by atoms with Crippen molar-refractivity contribution in [2.24, 2.45) is 0 Å². The van der Waals surface area contributed by atoms with Gasteiger partial charge in [0.05, 0.1) is 0 Å². The Hall–Kier alpha value is -3.58. The molecule has 0 spiro atoms. The summed E-state index contributed by atoms with van der Waals surface area (Å²) in [5, 5.41) is 12.0. The Labute approximate surface area is 206 Å². The van der Waals surface area contributed by atoms with Crippen molar-refractivity contribution in [3.8, 4) is 0 Å². The van der Waals surface area contributed by atoms with E-state index in [1.54, 1.807) is 49.3 Å². The van der Waals surface area contributed by atoms with Crippen molar-refractivity contribution in [1.29, 1.82) is 0 Å². The molecular weight excluding hydrogens is 440 g/mol. The summed E-state index contributed by atoms with van der Waals surface area (Å²) in [6.07, 6.45) is 1.50. The fraction of sp³-hybridized carbons (Fsp3) is 0.357. The van der Waals surface area contributed by atoms with Gasteiger partial charge in [0.15, 0.2) is 5.60 Å². The molecule has 35 heavy (non-hydrogen) atoms. The number of carbonyl (C=O) groups is 2. The zero-order chi connectivity index (χ0) is 25.2. The molecule has 1 aliphatic rings. The molecule has 182 valence electrons. The van der Waals surface area contributed by atoms with Crippen LogP contribution in [0, 0.1) is 6.92 Å². The molecule has 1 N–H and O–H groups in total. The molecule has 0 bridgehead atoms. The van der Waals surface area contributed by atoms with Gasteiger partial charge in [0, 0.05) is 38.3 Å². The quantitative estimate of drug-likeness (QED) is 0.616. The maximum absolute atomic E-state index is 14.0. The molecular formula is C28H32N4O3. The highest BCUT2D eigenvalue weighted by Crippen LogP contribution is 2.37. The molecule has 7 nitrogen and oxygen atoms in total. The number of hydrogen-bond acceptors (Lipinski definition) is 5. The van der Waals surface area contributed by atoms with E-state index in [1.807, 2.05) is 50.2 Å². The van der Waals surface area contributed by atoms with Gasteiger partial charge in [0.1, 0.15) is 11.5 Å². The van der Waals surface area contributed by atoms with Gasteiger partial charge < -0.3 is 14.9 Å². The van der Waals surface area contributed by atoms with E-state index in [-0.39, 0.29) is 11.8 Å². The zero-order valence-corrected chi connectivity index (χ0v) is 20.7. The second-order valence-corrected chi connectivity index (χ2v) is 9.75. The average molecular weight is 473 g/mol.